The summed E-state index contributed by atoms with van der Waals surface area (Å²) in [6.45, 7) is 3.52. The molecule has 0 bridgehead atoms. The number of rotatable bonds is 4. The van der Waals surface area contributed by atoms with Crippen molar-refractivity contribution in [3.63, 3.8) is 0 Å². The van der Waals surface area contributed by atoms with Crippen molar-refractivity contribution in [3.05, 3.63) is 59.9 Å². The second kappa shape index (κ2) is 8.91. The van der Waals surface area contributed by atoms with Gasteiger partial charge in [-0.3, -0.25) is 19.7 Å². The van der Waals surface area contributed by atoms with E-state index in [0.29, 0.717) is 18.5 Å². The van der Waals surface area contributed by atoms with Crippen LogP contribution in [0.15, 0.2) is 48.8 Å². The molecule has 3 aliphatic rings. The Bertz CT molecular complexity index is 1370. The first-order valence-corrected chi connectivity index (χ1v) is 12.2. The van der Waals surface area contributed by atoms with Gasteiger partial charge >= 0.3 is 0 Å². The van der Waals surface area contributed by atoms with Crippen molar-refractivity contribution in [2.75, 3.05) is 31.2 Å². The quantitative estimate of drug-likeness (QED) is 0.570. The van der Waals surface area contributed by atoms with E-state index in [4.69, 9.17) is 9.72 Å². The number of morpholine rings is 1. The Hall–Kier alpha value is -3.98. The van der Waals surface area contributed by atoms with E-state index < -0.39 is 11.9 Å². The first-order valence-electron chi connectivity index (χ1n) is 12.2. The van der Waals surface area contributed by atoms with E-state index in [2.05, 4.69) is 34.5 Å². The first-order chi connectivity index (χ1) is 17.5. The van der Waals surface area contributed by atoms with Crippen molar-refractivity contribution < 1.29 is 19.1 Å². The molecule has 184 valence electrons. The van der Waals surface area contributed by atoms with Crippen LogP contribution in [0, 0.1) is 0 Å². The van der Waals surface area contributed by atoms with Crippen LogP contribution < -0.4 is 10.2 Å². The second-order valence-corrected chi connectivity index (χ2v) is 9.47. The zero-order chi connectivity index (χ0) is 24.8. The van der Waals surface area contributed by atoms with Gasteiger partial charge in [-0.15, -0.1) is 0 Å². The predicted octanol–water partition coefficient (Wildman–Crippen LogP) is 2.35. The lowest BCUT2D eigenvalue weighted by molar-refractivity contribution is -0.136. The summed E-state index contributed by atoms with van der Waals surface area (Å²) in [5.41, 5.74) is 6.43. The Morgan fingerprint density at radius 1 is 1.03 bits per heavy atom. The number of aromatic nitrogens is 2. The summed E-state index contributed by atoms with van der Waals surface area (Å²) < 4.78 is 7.52. The number of aryl methyl sites for hydroxylation is 1. The van der Waals surface area contributed by atoms with Crippen LogP contribution in [0.4, 0.5) is 5.69 Å². The third-order valence-electron chi connectivity index (χ3n) is 7.23. The maximum atomic E-state index is 13.1. The largest absolute Gasteiger partial charge is 0.378 e. The SMILES string of the molecule is Cn1cnc(-c2ccc3c(c2)CN(C2CCC(=O)NC2=O)C3=O)c1-c1cccc(N2CCOCC2)c1. The molecule has 1 aromatic heterocycles. The van der Waals surface area contributed by atoms with E-state index in [1.807, 2.05) is 29.8 Å². The van der Waals surface area contributed by atoms with Crippen molar-refractivity contribution in [2.45, 2.75) is 25.4 Å². The highest BCUT2D eigenvalue weighted by atomic mass is 16.5. The summed E-state index contributed by atoms with van der Waals surface area (Å²) in [7, 11) is 1.98. The normalized spacial score (nSPS) is 20.0. The van der Waals surface area contributed by atoms with E-state index in [1.54, 1.807) is 11.2 Å². The standard InChI is InChI=1S/C27H27N5O4/c1-30-16-28-24(25(30)18-3-2-4-20(14-18)31-9-11-36-12-10-31)17-5-6-21-19(13-17)15-32(27(21)35)22-7-8-23(33)29-26(22)34/h2-6,13-14,16,22H,7-12,15H2,1H3,(H,29,33,34). The molecule has 3 aliphatic heterocycles. The lowest BCUT2D eigenvalue weighted by Gasteiger charge is -2.29. The molecule has 6 rings (SSSR count). The number of hydrogen-bond donors (Lipinski definition) is 1. The van der Waals surface area contributed by atoms with Gasteiger partial charge in [-0.05, 0) is 36.2 Å². The zero-order valence-electron chi connectivity index (χ0n) is 20.1. The molecule has 1 unspecified atom stereocenters. The van der Waals surface area contributed by atoms with Crippen molar-refractivity contribution in [2.24, 2.45) is 7.05 Å². The summed E-state index contributed by atoms with van der Waals surface area (Å²) in [6.07, 6.45) is 2.39. The number of carbonyl (C=O) groups excluding carboxylic acids is 3. The number of anilines is 1. The molecule has 2 aromatic carbocycles. The monoisotopic (exact) mass is 485 g/mol. The Morgan fingerprint density at radius 2 is 1.86 bits per heavy atom. The van der Waals surface area contributed by atoms with Crippen LogP contribution in [-0.2, 0) is 27.9 Å². The van der Waals surface area contributed by atoms with Gasteiger partial charge in [-0.1, -0.05) is 18.2 Å². The van der Waals surface area contributed by atoms with Gasteiger partial charge < -0.3 is 19.1 Å². The summed E-state index contributed by atoms with van der Waals surface area (Å²) in [4.78, 5) is 45.6. The molecule has 2 fully saturated rings. The summed E-state index contributed by atoms with van der Waals surface area (Å²) in [5.74, 6) is -0.867. The van der Waals surface area contributed by atoms with Crippen LogP contribution in [0.2, 0.25) is 0 Å². The van der Waals surface area contributed by atoms with Crippen molar-refractivity contribution in [1.82, 2.24) is 19.8 Å². The number of imide groups is 1. The number of ether oxygens (including phenoxy) is 1. The highest BCUT2D eigenvalue weighted by Gasteiger charge is 2.39. The molecule has 2 saturated heterocycles. The molecule has 3 amide bonds. The number of fused-ring (bicyclic) bond motifs is 1. The Balaban J connectivity index is 1.31. The topological polar surface area (TPSA) is 96.8 Å². The molecule has 0 radical (unpaired) electrons. The fraction of sp³-hybridized carbons (Fsp3) is 0.333. The average Bonchev–Trinajstić information content (AvgIpc) is 3.44. The number of piperidine rings is 1. The number of amides is 3. The Labute approximate surface area is 208 Å². The molecule has 4 heterocycles. The minimum absolute atomic E-state index is 0.175. The second-order valence-electron chi connectivity index (χ2n) is 9.47. The molecule has 9 nitrogen and oxygen atoms in total. The smallest absolute Gasteiger partial charge is 0.255 e. The van der Waals surface area contributed by atoms with Crippen LogP contribution in [0.3, 0.4) is 0 Å². The summed E-state index contributed by atoms with van der Waals surface area (Å²) >= 11 is 0. The van der Waals surface area contributed by atoms with Gasteiger partial charge in [0.2, 0.25) is 11.8 Å². The Morgan fingerprint density at radius 3 is 2.67 bits per heavy atom. The highest BCUT2D eigenvalue weighted by molar-refractivity contribution is 6.05. The third-order valence-corrected chi connectivity index (χ3v) is 7.23. The fourth-order valence-corrected chi connectivity index (χ4v) is 5.38. The minimum Gasteiger partial charge on any atom is -0.378 e. The summed E-state index contributed by atoms with van der Waals surface area (Å²) in [6, 6.07) is 13.6. The van der Waals surface area contributed by atoms with Crippen molar-refractivity contribution in [1.29, 1.82) is 0 Å². The molecule has 9 heteroatoms. The lowest BCUT2D eigenvalue weighted by Crippen LogP contribution is -2.52. The maximum absolute atomic E-state index is 13.1. The molecular weight excluding hydrogens is 458 g/mol. The van der Waals surface area contributed by atoms with Gasteiger partial charge in [-0.25, -0.2) is 4.98 Å². The Kier molecular flexibility index (Phi) is 5.56. The van der Waals surface area contributed by atoms with E-state index in [0.717, 1.165) is 60.1 Å². The minimum atomic E-state index is -0.626. The van der Waals surface area contributed by atoms with Gasteiger partial charge in [0.05, 0.1) is 30.9 Å². The first kappa shape index (κ1) is 22.5. The van der Waals surface area contributed by atoms with Crippen molar-refractivity contribution in [3.8, 4) is 22.5 Å². The van der Waals surface area contributed by atoms with Crippen LogP contribution in [0.5, 0.6) is 0 Å². The van der Waals surface area contributed by atoms with Gasteiger partial charge in [0, 0.05) is 55.5 Å². The van der Waals surface area contributed by atoms with Crippen LogP contribution >= 0.6 is 0 Å². The molecule has 0 saturated carbocycles. The molecule has 36 heavy (non-hydrogen) atoms. The van der Waals surface area contributed by atoms with Crippen molar-refractivity contribution >= 4 is 23.4 Å². The number of benzene rings is 2. The van der Waals surface area contributed by atoms with Gasteiger partial charge in [0.1, 0.15) is 6.04 Å². The van der Waals surface area contributed by atoms with Crippen LogP contribution in [0.25, 0.3) is 22.5 Å². The zero-order valence-corrected chi connectivity index (χ0v) is 20.1. The number of hydrogen-bond acceptors (Lipinski definition) is 6. The van der Waals surface area contributed by atoms with Crippen LogP contribution in [0.1, 0.15) is 28.8 Å². The number of nitrogens with zero attached hydrogens (tertiary/aromatic N) is 4. The number of imidazole rings is 1. The molecule has 0 spiro atoms. The van der Waals surface area contributed by atoms with Gasteiger partial charge in [0.15, 0.2) is 0 Å². The fourth-order valence-electron chi connectivity index (χ4n) is 5.38. The van der Waals surface area contributed by atoms with E-state index in [1.165, 1.54) is 0 Å². The van der Waals surface area contributed by atoms with Crippen LogP contribution in [-0.4, -0.2) is 64.5 Å². The predicted molar refractivity (Wildman–Crippen MR) is 133 cm³/mol. The van der Waals surface area contributed by atoms with E-state index in [-0.39, 0.29) is 18.2 Å². The lowest BCUT2D eigenvalue weighted by atomic mass is 10.00. The van der Waals surface area contributed by atoms with Gasteiger partial charge in [0.25, 0.3) is 5.91 Å². The van der Waals surface area contributed by atoms with E-state index >= 15 is 0 Å². The van der Waals surface area contributed by atoms with Gasteiger partial charge in [-0.2, -0.15) is 0 Å². The summed E-state index contributed by atoms with van der Waals surface area (Å²) in [5, 5.41) is 2.35. The molecular formula is C27H27N5O4. The van der Waals surface area contributed by atoms with E-state index in [9.17, 15) is 14.4 Å². The number of carbonyl (C=O) groups is 3. The molecule has 1 atom stereocenters. The highest BCUT2D eigenvalue weighted by Crippen LogP contribution is 2.36. The molecule has 0 aliphatic carbocycles. The number of nitrogens with one attached hydrogen (secondary N) is 1. The maximum Gasteiger partial charge on any atom is 0.255 e. The molecule has 1 N–H and O–H groups in total. The molecule has 3 aromatic rings. The third kappa shape index (κ3) is 3.85. The average molecular weight is 486 g/mol.